The fraction of sp³-hybridized carbons (Fsp3) is 1.00. The van der Waals surface area contributed by atoms with Crippen molar-refractivity contribution < 1.29 is 14.6 Å². The molecule has 18 heavy (non-hydrogen) atoms. The van der Waals surface area contributed by atoms with Crippen LogP contribution >= 0.6 is 0 Å². The molecule has 2 fully saturated rings. The highest BCUT2D eigenvalue weighted by atomic mass is 16.5. The molecular formula is C14H27NO3. The lowest BCUT2D eigenvalue weighted by Crippen LogP contribution is -2.55. The van der Waals surface area contributed by atoms with Crippen molar-refractivity contribution in [2.45, 2.75) is 45.3 Å². The lowest BCUT2D eigenvalue weighted by Gasteiger charge is -2.45. The van der Waals surface area contributed by atoms with Crippen molar-refractivity contribution in [1.29, 1.82) is 0 Å². The first kappa shape index (κ1) is 14.3. The predicted octanol–water partition coefficient (Wildman–Crippen LogP) is 1.27. The maximum absolute atomic E-state index is 9.54. The van der Waals surface area contributed by atoms with E-state index in [1.807, 2.05) is 0 Å². The Morgan fingerprint density at radius 2 is 2.11 bits per heavy atom. The summed E-state index contributed by atoms with van der Waals surface area (Å²) >= 11 is 0. The van der Waals surface area contributed by atoms with Crippen molar-refractivity contribution >= 4 is 0 Å². The van der Waals surface area contributed by atoms with Gasteiger partial charge in [0.15, 0.2) is 0 Å². The lowest BCUT2D eigenvalue weighted by molar-refractivity contribution is -0.154. The van der Waals surface area contributed by atoms with E-state index in [0.717, 1.165) is 19.7 Å². The Bertz CT molecular complexity index is 242. The first-order valence-corrected chi connectivity index (χ1v) is 7.19. The molecule has 0 aromatic rings. The molecule has 0 bridgehead atoms. The zero-order valence-electron chi connectivity index (χ0n) is 11.7. The van der Waals surface area contributed by atoms with Crippen LogP contribution in [0, 0.1) is 5.41 Å². The van der Waals surface area contributed by atoms with Gasteiger partial charge in [-0.15, -0.1) is 0 Å². The summed E-state index contributed by atoms with van der Waals surface area (Å²) < 4.78 is 11.1. The number of rotatable bonds is 6. The zero-order chi connectivity index (χ0) is 13.0. The summed E-state index contributed by atoms with van der Waals surface area (Å²) in [5.41, 5.74) is -0.0288. The number of hydrogen-bond donors (Lipinski definition) is 1. The van der Waals surface area contributed by atoms with Gasteiger partial charge < -0.3 is 14.6 Å². The van der Waals surface area contributed by atoms with Gasteiger partial charge in [-0.05, 0) is 33.1 Å². The van der Waals surface area contributed by atoms with E-state index in [9.17, 15) is 5.11 Å². The van der Waals surface area contributed by atoms with E-state index in [0.29, 0.717) is 25.4 Å². The fourth-order valence-electron chi connectivity index (χ4n) is 2.73. The quantitative estimate of drug-likeness (QED) is 0.778. The Morgan fingerprint density at radius 1 is 1.33 bits per heavy atom. The van der Waals surface area contributed by atoms with Crippen LogP contribution in [-0.4, -0.2) is 61.7 Å². The summed E-state index contributed by atoms with van der Waals surface area (Å²) in [5, 5.41) is 9.54. The largest absolute Gasteiger partial charge is 0.396 e. The second kappa shape index (κ2) is 6.33. The Morgan fingerprint density at radius 3 is 2.56 bits per heavy atom. The molecule has 0 radical (unpaired) electrons. The summed E-state index contributed by atoms with van der Waals surface area (Å²) in [4.78, 5) is 2.44. The Labute approximate surface area is 110 Å². The highest BCUT2D eigenvalue weighted by Gasteiger charge is 2.40. The molecule has 2 saturated heterocycles. The molecule has 0 aromatic heterocycles. The molecule has 1 unspecified atom stereocenters. The van der Waals surface area contributed by atoms with Crippen LogP contribution in [0.1, 0.15) is 33.1 Å². The normalized spacial score (nSPS) is 27.5. The second-order valence-corrected chi connectivity index (χ2v) is 6.16. The maximum Gasteiger partial charge on any atom is 0.0702 e. The first-order chi connectivity index (χ1) is 8.65. The van der Waals surface area contributed by atoms with Gasteiger partial charge in [-0.3, -0.25) is 4.90 Å². The second-order valence-electron chi connectivity index (χ2n) is 6.16. The number of ether oxygens (including phenoxy) is 2. The molecule has 1 atom stereocenters. The highest BCUT2D eigenvalue weighted by Crippen LogP contribution is 2.29. The highest BCUT2D eigenvalue weighted by molar-refractivity contribution is 4.89. The van der Waals surface area contributed by atoms with Gasteiger partial charge in [0, 0.05) is 25.7 Å². The van der Waals surface area contributed by atoms with Crippen LogP contribution in [0.15, 0.2) is 0 Å². The molecule has 1 N–H and O–H groups in total. The van der Waals surface area contributed by atoms with Crippen LogP contribution < -0.4 is 0 Å². The average Bonchev–Trinajstić information content (AvgIpc) is 2.33. The zero-order valence-corrected chi connectivity index (χ0v) is 11.7. The molecule has 0 saturated carbocycles. The summed E-state index contributed by atoms with van der Waals surface area (Å²) in [6.45, 7) is 8.85. The summed E-state index contributed by atoms with van der Waals surface area (Å²) in [6, 6.07) is 0.486. The minimum Gasteiger partial charge on any atom is -0.396 e. The van der Waals surface area contributed by atoms with Crippen LogP contribution in [0.4, 0.5) is 0 Å². The molecular weight excluding hydrogens is 230 g/mol. The molecule has 2 aliphatic heterocycles. The maximum atomic E-state index is 9.54. The summed E-state index contributed by atoms with van der Waals surface area (Å²) in [5.74, 6) is 0. The van der Waals surface area contributed by atoms with Crippen LogP contribution in [0.25, 0.3) is 0 Å². The standard InChI is InChI=1S/C14H27NO3/c1-12(2)15(7-13-5-3-4-6-18-13)8-14(9-16)10-17-11-14/h12-13,16H,3-11H2,1-2H3. The van der Waals surface area contributed by atoms with E-state index in [1.54, 1.807) is 0 Å². The van der Waals surface area contributed by atoms with Gasteiger partial charge in [-0.25, -0.2) is 0 Å². The van der Waals surface area contributed by atoms with Gasteiger partial charge in [-0.2, -0.15) is 0 Å². The Balaban J connectivity index is 1.86. The van der Waals surface area contributed by atoms with Gasteiger partial charge in [0.25, 0.3) is 0 Å². The van der Waals surface area contributed by atoms with Crippen LogP contribution in [0.2, 0.25) is 0 Å². The van der Waals surface area contributed by atoms with E-state index in [4.69, 9.17) is 9.47 Å². The Kier molecular flexibility index (Phi) is 5.01. The lowest BCUT2D eigenvalue weighted by atomic mass is 9.86. The molecule has 2 heterocycles. The number of aliphatic hydroxyl groups is 1. The monoisotopic (exact) mass is 257 g/mol. The van der Waals surface area contributed by atoms with E-state index < -0.39 is 0 Å². The third kappa shape index (κ3) is 3.44. The molecule has 2 aliphatic rings. The van der Waals surface area contributed by atoms with Gasteiger partial charge in [0.1, 0.15) is 0 Å². The molecule has 0 spiro atoms. The van der Waals surface area contributed by atoms with E-state index >= 15 is 0 Å². The third-order valence-electron chi connectivity index (χ3n) is 4.13. The van der Waals surface area contributed by atoms with Crippen LogP contribution in [0.3, 0.4) is 0 Å². The number of hydrogen-bond acceptors (Lipinski definition) is 4. The molecule has 0 aromatic carbocycles. The SMILES string of the molecule is CC(C)N(CC1CCCCO1)CC1(CO)COC1. The van der Waals surface area contributed by atoms with Crippen molar-refractivity contribution in [2.75, 3.05) is 39.5 Å². The predicted molar refractivity (Wildman–Crippen MR) is 70.6 cm³/mol. The van der Waals surface area contributed by atoms with Crippen molar-refractivity contribution in [1.82, 2.24) is 4.90 Å². The minimum atomic E-state index is -0.0288. The van der Waals surface area contributed by atoms with Crippen molar-refractivity contribution in [2.24, 2.45) is 5.41 Å². The average molecular weight is 257 g/mol. The minimum absolute atomic E-state index is 0.0288. The van der Waals surface area contributed by atoms with Gasteiger partial charge in [0.05, 0.1) is 31.3 Å². The van der Waals surface area contributed by atoms with Gasteiger partial charge in [0.2, 0.25) is 0 Å². The van der Waals surface area contributed by atoms with Gasteiger partial charge in [-0.1, -0.05) is 0 Å². The van der Waals surface area contributed by atoms with Crippen molar-refractivity contribution in [3.05, 3.63) is 0 Å². The Hall–Kier alpha value is -0.160. The third-order valence-corrected chi connectivity index (χ3v) is 4.13. The van der Waals surface area contributed by atoms with Crippen LogP contribution in [0.5, 0.6) is 0 Å². The number of nitrogens with zero attached hydrogens (tertiary/aromatic N) is 1. The van der Waals surface area contributed by atoms with Crippen LogP contribution in [-0.2, 0) is 9.47 Å². The number of aliphatic hydroxyl groups excluding tert-OH is 1. The van der Waals surface area contributed by atoms with E-state index in [2.05, 4.69) is 18.7 Å². The smallest absolute Gasteiger partial charge is 0.0702 e. The van der Waals surface area contributed by atoms with Crippen molar-refractivity contribution in [3.63, 3.8) is 0 Å². The molecule has 0 amide bonds. The van der Waals surface area contributed by atoms with E-state index in [-0.39, 0.29) is 12.0 Å². The summed E-state index contributed by atoms with van der Waals surface area (Å²) in [7, 11) is 0. The van der Waals surface area contributed by atoms with Gasteiger partial charge >= 0.3 is 0 Å². The first-order valence-electron chi connectivity index (χ1n) is 7.19. The molecule has 2 rings (SSSR count). The topological polar surface area (TPSA) is 41.9 Å². The molecule has 0 aliphatic carbocycles. The van der Waals surface area contributed by atoms with E-state index in [1.165, 1.54) is 19.3 Å². The molecule has 4 heteroatoms. The van der Waals surface area contributed by atoms with Crippen molar-refractivity contribution in [3.8, 4) is 0 Å². The molecule has 106 valence electrons. The fourth-order valence-corrected chi connectivity index (χ4v) is 2.73. The molecule has 4 nitrogen and oxygen atoms in total. The summed E-state index contributed by atoms with van der Waals surface area (Å²) in [6.07, 6.45) is 4.03.